The fraction of sp³-hybridized carbons (Fsp3) is 0.632. The first kappa shape index (κ1) is 17.6. The Kier molecular flexibility index (Phi) is 5.55. The van der Waals surface area contributed by atoms with Crippen molar-refractivity contribution in [2.75, 3.05) is 13.1 Å². The van der Waals surface area contributed by atoms with Crippen LogP contribution in [-0.4, -0.2) is 35.8 Å². The highest BCUT2D eigenvalue weighted by Gasteiger charge is 2.27. The largest absolute Gasteiger partial charge is 0.490 e. The molecule has 0 saturated carbocycles. The van der Waals surface area contributed by atoms with Crippen molar-refractivity contribution in [3.05, 3.63) is 29.8 Å². The van der Waals surface area contributed by atoms with Gasteiger partial charge in [-0.1, -0.05) is 26.0 Å². The van der Waals surface area contributed by atoms with Crippen LogP contribution in [0, 0.1) is 0 Å². The molecule has 1 aliphatic heterocycles. The zero-order valence-corrected chi connectivity index (χ0v) is 15.0. The van der Waals surface area contributed by atoms with Gasteiger partial charge in [0, 0.05) is 25.9 Å². The van der Waals surface area contributed by atoms with E-state index in [9.17, 15) is 4.79 Å². The molecule has 0 aliphatic carbocycles. The molecule has 0 N–H and O–H groups in total. The maximum atomic E-state index is 12.0. The standard InChI is InChI=1S/C19H29NO3/c1-14(2)15-6-8-16(9-7-15)22-17-10-12-20(13-11-17)18(21)23-19(3,4)5/h6-9,14,17H,10-13H2,1-5H3. The van der Waals surface area contributed by atoms with Crippen LogP contribution in [0.3, 0.4) is 0 Å². The summed E-state index contributed by atoms with van der Waals surface area (Å²) in [6.45, 7) is 11.4. The van der Waals surface area contributed by atoms with Crippen molar-refractivity contribution in [3.8, 4) is 5.75 Å². The average Bonchev–Trinajstić information content (AvgIpc) is 2.46. The van der Waals surface area contributed by atoms with E-state index in [2.05, 4.69) is 26.0 Å². The topological polar surface area (TPSA) is 38.8 Å². The fourth-order valence-corrected chi connectivity index (χ4v) is 2.61. The lowest BCUT2D eigenvalue weighted by molar-refractivity contribution is 0.0126. The molecular weight excluding hydrogens is 290 g/mol. The molecule has 4 nitrogen and oxygen atoms in total. The third kappa shape index (κ3) is 5.45. The van der Waals surface area contributed by atoms with Gasteiger partial charge < -0.3 is 14.4 Å². The van der Waals surface area contributed by atoms with E-state index in [0.717, 1.165) is 18.6 Å². The number of hydrogen-bond acceptors (Lipinski definition) is 3. The van der Waals surface area contributed by atoms with Crippen LogP contribution in [0.1, 0.15) is 58.9 Å². The predicted molar refractivity (Wildman–Crippen MR) is 92.0 cm³/mol. The zero-order valence-electron chi connectivity index (χ0n) is 15.0. The molecule has 0 spiro atoms. The first-order chi connectivity index (χ1) is 10.7. The van der Waals surface area contributed by atoms with Crippen molar-refractivity contribution in [3.63, 3.8) is 0 Å². The lowest BCUT2D eigenvalue weighted by Gasteiger charge is -2.33. The summed E-state index contributed by atoms with van der Waals surface area (Å²) in [6, 6.07) is 8.32. The van der Waals surface area contributed by atoms with Crippen LogP contribution in [0.5, 0.6) is 5.75 Å². The van der Waals surface area contributed by atoms with Gasteiger partial charge in [-0.05, 0) is 44.4 Å². The van der Waals surface area contributed by atoms with Crippen LogP contribution in [-0.2, 0) is 4.74 Å². The van der Waals surface area contributed by atoms with E-state index >= 15 is 0 Å². The minimum atomic E-state index is -0.442. The Hall–Kier alpha value is -1.71. The highest BCUT2D eigenvalue weighted by Crippen LogP contribution is 2.23. The van der Waals surface area contributed by atoms with Gasteiger partial charge in [-0.25, -0.2) is 4.79 Å². The van der Waals surface area contributed by atoms with Crippen molar-refractivity contribution in [2.45, 2.75) is 65.1 Å². The van der Waals surface area contributed by atoms with E-state index < -0.39 is 5.60 Å². The smallest absolute Gasteiger partial charge is 0.410 e. The summed E-state index contributed by atoms with van der Waals surface area (Å²) < 4.78 is 11.5. The molecule has 0 bridgehead atoms. The van der Waals surface area contributed by atoms with E-state index in [4.69, 9.17) is 9.47 Å². The molecule has 0 radical (unpaired) electrons. The van der Waals surface area contributed by atoms with Gasteiger partial charge in [-0.2, -0.15) is 0 Å². The SMILES string of the molecule is CC(C)c1ccc(OC2CCN(C(=O)OC(C)(C)C)CC2)cc1. The van der Waals surface area contributed by atoms with Crippen LogP contribution in [0.25, 0.3) is 0 Å². The van der Waals surface area contributed by atoms with Gasteiger partial charge in [-0.3, -0.25) is 0 Å². The predicted octanol–water partition coefficient (Wildman–Crippen LogP) is 4.59. The van der Waals surface area contributed by atoms with Gasteiger partial charge in [0.1, 0.15) is 17.5 Å². The summed E-state index contributed by atoms with van der Waals surface area (Å²) in [5, 5.41) is 0. The molecule has 1 aliphatic rings. The first-order valence-corrected chi connectivity index (χ1v) is 8.49. The molecule has 128 valence electrons. The molecule has 1 saturated heterocycles. The number of nitrogens with zero attached hydrogens (tertiary/aromatic N) is 1. The molecule has 1 aromatic rings. The third-order valence-electron chi connectivity index (χ3n) is 3.94. The van der Waals surface area contributed by atoms with Crippen molar-refractivity contribution in [1.29, 1.82) is 0 Å². The Morgan fingerprint density at radius 3 is 2.17 bits per heavy atom. The number of benzene rings is 1. The number of likely N-dealkylation sites (tertiary alicyclic amines) is 1. The lowest BCUT2D eigenvalue weighted by Crippen LogP contribution is -2.44. The Morgan fingerprint density at radius 1 is 1.13 bits per heavy atom. The minimum Gasteiger partial charge on any atom is -0.490 e. The Labute approximate surface area is 139 Å². The summed E-state index contributed by atoms with van der Waals surface area (Å²) in [7, 11) is 0. The van der Waals surface area contributed by atoms with Crippen molar-refractivity contribution in [2.24, 2.45) is 0 Å². The summed E-state index contributed by atoms with van der Waals surface area (Å²) in [5.41, 5.74) is 0.875. The number of carbonyl (C=O) groups is 1. The second-order valence-corrected chi connectivity index (χ2v) is 7.51. The first-order valence-electron chi connectivity index (χ1n) is 8.49. The van der Waals surface area contributed by atoms with Crippen molar-refractivity contribution in [1.82, 2.24) is 4.90 Å². The van der Waals surface area contributed by atoms with Gasteiger partial charge in [0.05, 0.1) is 0 Å². The van der Waals surface area contributed by atoms with E-state index in [1.807, 2.05) is 32.9 Å². The van der Waals surface area contributed by atoms with E-state index in [0.29, 0.717) is 19.0 Å². The molecule has 1 amide bonds. The molecule has 0 atom stereocenters. The number of ether oxygens (including phenoxy) is 2. The van der Waals surface area contributed by atoms with Crippen molar-refractivity contribution < 1.29 is 14.3 Å². The minimum absolute atomic E-state index is 0.165. The zero-order chi connectivity index (χ0) is 17.0. The molecule has 2 rings (SSSR count). The normalized spacial score (nSPS) is 16.5. The molecular formula is C19H29NO3. The van der Waals surface area contributed by atoms with Gasteiger partial charge in [0.15, 0.2) is 0 Å². The number of carbonyl (C=O) groups excluding carboxylic acids is 1. The van der Waals surface area contributed by atoms with Gasteiger partial charge in [-0.15, -0.1) is 0 Å². The Morgan fingerprint density at radius 2 is 1.70 bits per heavy atom. The summed E-state index contributed by atoms with van der Waals surface area (Å²) in [6.07, 6.45) is 1.62. The number of hydrogen-bond donors (Lipinski definition) is 0. The van der Waals surface area contributed by atoms with E-state index in [-0.39, 0.29) is 12.2 Å². The number of piperidine rings is 1. The maximum Gasteiger partial charge on any atom is 0.410 e. The van der Waals surface area contributed by atoms with Gasteiger partial charge in [0.2, 0.25) is 0 Å². The Bertz CT molecular complexity index is 508. The van der Waals surface area contributed by atoms with Gasteiger partial charge in [0.25, 0.3) is 0 Å². The second kappa shape index (κ2) is 7.24. The highest BCUT2D eigenvalue weighted by atomic mass is 16.6. The Balaban J connectivity index is 1.81. The third-order valence-corrected chi connectivity index (χ3v) is 3.94. The molecule has 1 aromatic carbocycles. The molecule has 0 aromatic heterocycles. The van der Waals surface area contributed by atoms with Crippen LogP contribution >= 0.6 is 0 Å². The van der Waals surface area contributed by atoms with Crippen LogP contribution in [0.2, 0.25) is 0 Å². The number of amides is 1. The van der Waals surface area contributed by atoms with Crippen LogP contribution < -0.4 is 4.74 Å². The quantitative estimate of drug-likeness (QED) is 0.818. The van der Waals surface area contributed by atoms with Crippen molar-refractivity contribution >= 4 is 6.09 Å². The highest BCUT2D eigenvalue weighted by molar-refractivity contribution is 5.68. The van der Waals surface area contributed by atoms with E-state index in [1.165, 1.54) is 5.56 Å². The van der Waals surface area contributed by atoms with Crippen LogP contribution in [0.15, 0.2) is 24.3 Å². The molecule has 23 heavy (non-hydrogen) atoms. The molecule has 0 unspecified atom stereocenters. The fourth-order valence-electron chi connectivity index (χ4n) is 2.61. The molecule has 4 heteroatoms. The number of rotatable bonds is 3. The summed E-state index contributed by atoms with van der Waals surface area (Å²) >= 11 is 0. The summed E-state index contributed by atoms with van der Waals surface area (Å²) in [4.78, 5) is 13.8. The van der Waals surface area contributed by atoms with E-state index in [1.54, 1.807) is 4.90 Å². The monoisotopic (exact) mass is 319 g/mol. The average molecular weight is 319 g/mol. The summed E-state index contributed by atoms with van der Waals surface area (Å²) in [5.74, 6) is 1.44. The molecule has 1 fully saturated rings. The maximum absolute atomic E-state index is 12.0. The lowest BCUT2D eigenvalue weighted by atomic mass is 10.0. The van der Waals surface area contributed by atoms with Crippen LogP contribution in [0.4, 0.5) is 4.79 Å². The van der Waals surface area contributed by atoms with Gasteiger partial charge >= 0.3 is 6.09 Å². The second-order valence-electron chi connectivity index (χ2n) is 7.51. The molecule has 1 heterocycles.